The average molecular weight is 190 g/mol. The second kappa shape index (κ2) is 3.56. The molecule has 0 saturated carbocycles. The highest BCUT2D eigenvalue weighted by Crippen LogP contribution is 2.51. The fourth-order valence-electron chi connectivity index (χ4n) is 3.35. The van der Waals surface area contributed by atoms with E-state index in [1.54, 1.807) is 5.57 Å². The third kappa shape index (κ3) is 1.45. The summed E-state index contributed by atoms with van der Waals surface area (Å²) in [6, 6.07) is 0. The molecular weight excluding hydrogens is 168 g/mol. The van der Waals surface area contributed by atoms with Crippen LogP contribution in [0.5, 0.6) is 0 Å². The van der Waals surface area contributed by atoms with Crippen LogP contribution in [0.15, 0.2) is 23.8 Å². The minimum absolute atomic E-state index is 0.487. The standard InChI is InChI=1S/C14H22/c1-11(2)13-9-8-12-7-5-4-6-10-14(12,13)3/h5,7-8,11,13H,4,6,9-10H2,1-3H3/t13-,14+/m1/s1. The van der Waals surface area contributed by atoms with Crippen LogP contribution in [0.2, 0.25) is 0 Å². The van der Waals surface area contributed by atoms with E-state index in [0.29, 0.717) is 5.41 Å². The van der Waals surface area contributed by atoms with Gasteiger partial charge in [-0.3, -0.25) is 0 Å². The molecule has 2 rings (SSSR count). The second-order valence-corrected chi connectivity index (χ2v) is 5.46. The third-order valence-electron chi connectivity index (χ3n) is 4.24. The Bertz CT molecular complexity index is 270. The Morgan fingerprint density at radius 3 is 2.93 bits per heavy atom. The summed E-state index contributed by atoms with van der Waals surface area (Å²) in [5, 5.41) is 0. The molecule has 2 atom stereocenters. The normalized spacial score (nSPS) is 36.9. The summed E-state index contributed by atoms with van der Waals surface area (Å²) in [4.78, 5) is 0. The highest BCUT2D eigenvalue weighted by Gasteiger charge is 2.41. The van der Waals surface area contributed by atoms with Crippen LogP contribution < -0.4 is 0 Å². The second-order valence-electron chi connectivity index (χ2n) is 5.46. The monoisotopic (exact) mass is 190 g/mol. The summed E-state index contributed by atoms with van der Waals surface area (Å²) >= 11 is 0. The molecule has 0 amide bonds. The SMILES string of the molecule is CC(C)[C@H]1CC=C2C=CCCC[C@@]21C. The molecule has 0 radical (unpaired) electrons. The van der Waals surface area contributed by atoms with Crippen LogP contribution in [0, 0.1) is 17.3 Å². The van der Waals surface area contributed by atoms with Crippen molar-refractivity contribution in [2.75, 3.05) is 0 Å². The van der Waals surface area contributed by atoms with E-state index in [1.165, 1.54) is 25.7 Å². The maximum absolute atomic E-state index is 2.48. The molecule has 78 valence electrons. The van der Waals surface area contributed by atoms with E-state index in [-0.39, 0.29) is 0 Å². The van der Waals surface area contributed by atoms with Crippen LogP contribution in [0.1, 0.15) is 46.5 Å². The molecule has 0 aliphatic heterocycles. The molecule has 0 bridgehead atoms. The van der Waals surface area contributed by atoms with Gasteiger partial charge < -0.3 is 0 Å². The van der Waals surface area contributed by atoms with Gasteiger partial charge in [0.25, 0.3) is 0 Å². The van der Waals surface area contributed by atoms with Crippen LogP contribution in [0.4, 0.5) is 0 Å². The van der Waals surface area contributed by atoms with Gasteiger partial charge in [-0.05, 0) is 48.5 Å². The lowest BCUT2D eigenvalue weighted by atomic mass is 9.68. The molecular formula is C14H22. The van der Waals surface area contributed by atoms with E-state index in [4.69, 9.17) is 0 Å². The minimum Gasteiger partial charge on any atom is -0.0843 e. The van der Waals surface area contributed by atoms with Gasteiger partial charge in [0.2, 0.25) is 0 Å². The van der Waals surface area contributed by atoms with Crippen molar-refractivity contribution in [1.29, 1.82) is 0 Å². The Labute approximate surface area is 88.1 Å². The Kier molecular flexibility index (Phi) is 2.55. The van der Waals surface area contributed by atoms with E-state index < -0.39 is 0 Å². The van der Waals surface area contributed by atoms with Crippen molar-refractivity contribution in [1.82, 2.24) is 0 Å². The molecule has 0 unspecified atom stereocenters. The molecule has 14 heavy (non-hydrogen) atoms. The molecule has 0 saturated heterocycles. The first-order valence-corrected chi connectivity index (χ1v) is 6.02. The molecule has 2 aliphatic rings. The smallest absolute Gasteiger partial charge is 0.00448 e. The van der Waals surface area contributed by atoms with Crippen LogP contribution >= 0.6 is 0 Å². The fraction of sp³-hybridized carbons (Fsp3) is 0.714. The maximum atomic E-state index is 2.48. The number of hydrogen-bond acceptors (Lipinski definition) is 0. The molecule has 0 heteroatoms. The largest absolute Gasteiger partial charge is 0.0843 e. The van der Waals surface area contributed by atoms with E-state index in [2.05, 4.69) is 39.0 Å². The van der Waals surface area contributed by atoms with E-state index in [0.717, 1.165) is 11.8 Å². The van der Waals surface area contributed by atoms with Crippen LogP contribution in [-0.4, -0.2) is 0 Å². The van der Waals surface area contributed by atoms with Gasteiger partial charge in [0.05, 0.1) is 0 Å². The van der Waals surface area contributed by atoms with Gasteiger partial charge >= 0.3 is 0 Å². The Balaban J connectivity index is 2.28. The third-order valence-corrected chi connectivity index (χ3v) is 4.24. The van der Waals surface area contributed by atoms with Crippen LogP contribution in [0.3, 0.4) is 0 Å². The Morgan fingerprint density at radius 2 is 2.21 bits per heavy atom. The average Bonchev–Trinajstić information content (AvgIpc) is 2.33. The number of hydrogen-bond donors (Lipinski definition) is 0. The van der Waals surface area contributed by atoms with E-state index >= 15 is 0 Å². The first kappa shape index (κ1) is 10.0. The molecule has 0 aromatic rings. The topological polar surface area (TPSA) is 0 Å². The van der Waals surface area contributed by atoms with E-state index in [1.807, 2.05) is 0 Å². The van der Waals surface area contributed by atoms with Gasteiger partial charge in [-0.1, -0.05) is 39.0 Å². The molecule has 0 aromatic carbocycles. The minimum atomic E-state index is 0.487. The zero-order chi connectivity index (χ0) is 10.2. The lowest BCUT2D eigenvalue weighted by molar-refractivity contribution is 0.187. The van der Waals surface area contributed by atoms with Crippen molar-refractivity contribution in [3.63, 3.8) is 0 Å². The highest BCUT2D eigenvalue weighted by molar-refractivity contribution is 5.33. The van der Waals surface area contributed by atoms with Crippen molar-refractivity contribution in [3.8, 4) is 0 Å². The van der Waals surface area contributed by atoms with Gasteiger partial charge in [-0.15, -0.1) is 0 Å². The van der Waals surface area contributed by atoms with Gasteiger partial charge in [0.1, 0.15) is 0 Å². The van der Waals surface area contributed by atoms with Crippen LogP contribution in [-0.2, 0) is 0 Å². The predicted molar refractivity (Wildman–Crippen MR) is 62.1 cm³/mol. The van der Waals surface area contributed by atoms with E-state index in [9.17, 15) is 0 Å². The first-order chi connectivity index (χ1) is 6.64. The highest BCUT2D eigenvalue weighted by atomic mass is 14.5. The Hall–Kier alpha value is -0.520. The zero-order valence-corrected chi connectivity index (χ0v) is 9.72. The summed E-state index contributed by atoms with van der Waals surface area (Å²) in [6.07, 6.45) is 12.6. The van der Waals surface area contributed by atoms with Crippen molar-refractivity contribution in [2.45, 2.75) is 46.5 Å². The summed E-state index contributed by atoms with van der Waals surface area (Å²) in [5.74, 6) is 1.69. The zero-order valence-electron chi connectivity index (χ0n) is 9.72. The van der Waals surface area contributed by atoms with Crippen molar-refractivity contribution < 1.29 is 0 Å². The fourth-order valence-corrected chi connectivity index (χ4v) is 3.35. The maximum Gasteiger partial charge on any atom is -0.00448 e. The van der Waals surface area contributed by atoms with Gasteiger partial charge in [-0.2, -0.15) is 0 Å². The molecule has 0 aromatic heterocycles. The summed E-state index contributed by atoms with van der Waals surface area (Å²) in [7, 11) is 0. The molecule has 0 spiro atoms. The van der Waals surface area contributed by atoms with Crippen molar-refractivity contribution >= 4 is 0 Å². The molecule has 0 nitrogen and oxygen atoms in total. The Morgan fingerprint density at radius 1 is 1.43 bits per heavy atom. The molecule has 0 N–H and O–H groups in total. The summed E-state index contributed by atoms with van der Waals surface area (Å²) in [6.45, 7) is 7.23. The number of fused-ring (bicyclic) bond motifs is 1. The van der Waals surface area contributed by atoms with Gasteiger partial charge in [0, 0.05) is 0 Å². The number of allylic oxidation sites excluding steroid dienone is 4. The van der Waals surface area contributed by atoms with Crippen LogP contribution in [0.25, 0.3) is 0 Å². The van der Waals surface area contributed by atoms with Gasteiger partial charge in [0.15, 0.2) is 0 Å². The first-order valence-electron chi connectivity index (χ1n) is 6.02. The summed E-state index contributed by atoms with van der Waals surface area (Å²) < 4.78 is 0. The predicted octanol–water partition coefficient (Wildman–Crippen LogP) is 4.34. The van der Waals surface area contributed by atoms with Crippen molar-refractivity contribution in [2.24, 2.45) is 17.3 Å². The lowest BCUT2D eigenvalue weighted by Crippen LogP contribution is -2.28. The molecule has 0 fully saturated rings. The number of rotatable bonds is 1. The quantitative estimate of drug-likeness (QED) is 0.577. The van der Waals surface area contributed by atoms with Gasteiger partial charge in [-0.25, -0.2) is 0 Å². The molecule has 2 aliphatic carbocycles. The summed E-state index contributed by atoms with van der Waals surface area (Å²) in [5.41, 5.74) is 2.11. The molecule has 0 heterocycles. The van der Waals surface area contributed by atoms with Crippen molar-refractivity contribution in [3.05, 3.63) is 23.8 Å². The lowest BCUT2D eigenvalue weighted by Gasteiger charge is -2.36.